The maximum Gasteiger partial charge on any atom is 0.343 e. The lowest BCUT2D eigenvalue weighted by Gasteiger charge is -2.18. The van der Waals surface area contributed by atoms with Crippen LogP contribution in [0.5, 0.6) is 11.5 Å². The van der Waals surface area contributed by atoms with Crippen LogP contribution < -0.4 is 10.2 Å². The molecule has 0 spiro atoms. The van der Waals surface area contributed by atoms with Crippen LogP contribution >= 0.6 is 0 Å². The number of esters is 1. The zero-order chi connectivity index (χ0) is 19.9. The molecule has 0 aliphatic carbocycles. The minimum absolute atomic E-state index is 0.0103. The van der Waals surface area contributed by atoms with Gasteiger partial charge >= 0.3 is 5.97 Å². The van der Waals surface area contributed by atoms with Crippen LogP contribution in [0.3, 0.4) is 0 Å². The van der Waals surface area contributed by atoms with Crippen molar-refractivity contribution in [1.82, 2.24) is 14.3 Å². The molecule has 0 N–H and O–H groups in total. The molecule has 0 unspecified atom stereocenters. The minimum atomic E-state index is -0.654. The van der Waals surface area contributed by atoms with Crippen molar-refractivity contribution < 1.29 is 14.3 Å². The number of aryl methyl sites for hydroxylation is 1. The van der Waals surface area contributed by atoms with Gasteiger partial charge in [-0.25, -0.2) is 4.79 Å². The predicted octanol–water partition coefficient (Wildman–Crippen LogP) is 3.67. The first kappa shape index (κ1) is 19.4. The number of benzene rings is 1. The minimum Gasteiger partial charge on any atom is -0.462 e. The van der Waals surface area contributed by atoms with Gasteiger partial charge in [-0.1, -0.05) is 18.2 Å². The molecule has 2 heterocycles. The van der Waals surface area contributed by atoms with Crippen LogP contribution in [-0.4, -0.2) is 26.9 Å². The molecule has 2 aromatic heterocycles. The number of hydrogen-bond donors (Lipinski definition) is 0. The molecule has 28 heavy (non-hydrogen) atoms. The van der Waals surface area contributed by atoms with Gasteiger partial charge in [0, 0.05) is 31.2 Å². The molecule has 3 rings (SSSR count). The van der Waals surface area contributed by atoms with Crippen molar-refractivity contribution in [3.8, 4) is 11.5 Å². The molecule has 0 bridgehead atoms. The largest absolute Gasteiger partial charge is 0.462 e. The van der Waals surface area contributed by atoms with Gasteiger partial charge in [0.1, 0.15) is 11.3 Å². The van der Waals surface area contributed by atoms with Gasteiger partial charge in [0.15, 0.2) is 5.75 Å². The first-order chi connectivity index (χ1) is 13.6. The number of aromatic nitrogens is 3. The van der Waals surface area contributed by atoms with E-state index in [9.17, 15) is 9.59 Å². The fraction of sp³-hybridized carbons (Fsp3) is 0.286. The van der Waals surface area contributed by atoms with Gasteiger partial charge in [-0.15, -0.1) is 0 Å². The molecule has 0 radical (unpaired) electrons. The Kier molecular flexibility index (Phi) is 6.26. The Morgan fingerprint density at radius 2 is 1.96 bits per heavy atom. The highest BCUT2D eigenvalue weighted by Gasteiger charge is 2.19. The van der Waals surface area contributed by atoms with Gasteiger partial charge in [0.25, 0.3) is 0 Å². The lowest BCUT2D eigenvalue weighted by molar-refractivity contribution is 0.0523. The van der Waals surface area contributed by atoms with Gasteiger partial charge in [-0.3, -0.25) is 9.48 Å². The molecule has 3 aromatic rings. The zero-order valence-corrected chi connectivity index (χ0v) is 15.9. The molecule has 0 saturated heterocycles. The summed E-state index contributed by atoms with van der Waals surface area (Å²) in [6.07, 6.45) is 7.55. The summed E-state index contributed by atoms with van der Waals surface area (Å²) in [5, 5.41) is 4.20. The summed E-state index contributed by atoms with van der Waals surface area (Å²) in [5.74, 6) is -0.0434. The first-order valence-electron chi connectivity index (χ1n) is 9.21. The number of rotatable bonds is 8. The van der Waals surface area contributed by atoms with Gasteiger partial charge in [0.05, 0.1) is 12.8 Å². The maximum absolute atomic E-state index is 12.8. The fourth-order valence-corrected chi connectivity index (χ4v) is 2.77. The second-order valence-electron chi connectivity index (χ2n) is 6.35. The van der Waals surface area contributed by atoms with Crippen LogP contribution in [0.25, 0.3) is 0 Å². The Morgan fingerprint density at radius 3 is 2.64 bits per heavy atom. The lowest BCUT2D eigenvalue weighted by Crippen LogP contribution is -2.22. The molecule has 0 amide bonds. The molecule has 0 aliphatic rings. The van der Waals surface area contributed by atoms with E-state index in [1.54, 1.807) is 31.5 Å². The van der Waals surface area contributed by atoms with Gasteiger partial charge in [-0.2, -0.15) is 5.10 Å². The maximum atomic E-state index is 12.8. The van der Waals surface area contributed by atoms with E-state index in [2.05, 4.69) is 5.10 Å². The number of hydrogen-bond acceptors (Lipinski definition) is 5. The van der Waals surface area contributed by atoms with Crippen molar-refractivity contribution >= 4 is 5.97 Å². The molecule has 146 valence electrons. The van der Waals surface area contributed by atoms with Crippen molar-refractivity contribution in [2.24, 2.45) is 0 Å². The summed E-state index contributed by atoms with van der Waals surface area (Å²) in [6.45, 7) is 4.61. The fourth-order valence-electron chi connectivity index (χ4n) is 2.77. The van der Waals surface area contributed by atoms with Crippen LogP contribution in [0, 0.1) is 0 Å². The van der Waals surface area contributed by atoms with E-state index in [4.69, 9.17) is 9.47 Å². The molecule has 7 heteroatoms. The van der Waals surface area contributed by atoms with E-state index >= 15 is 0 Å². The molecular weight excluding hydrogens is 358 g/mol. The Morgan fingerprint density at radius 1 is 1.18 bits per heavy atom. The predicted molar refractivity (Wildman–Crippen MR) is 105 cm³/mol. The van der Waals surface area contributed by atoms with Crippen molar-refractivity contribution in [3.05, 3.63) is 77.0 Å². The normalized spacial score (nSPS) is 11.8. The van der Waals surface area contributed by atoms with Gasteiger partial charge in [0.2, 0.25) is 5.43 Å². The number of ether oxygens (including phenoxy) is 2. The summed E-state index contributed by atoms with van der Waals surface area (Å²) >= 11 is 0. The van der Waals surface area contributed by atoms with E-state index in [1.807, 2.05) is 46.6 Å². The highest BCUT2D eigenvalue weighted by molar-refractivity contribution is 5.89. The Balaban J connectivity index is 1.91. The lowest BCUT2D eigenvalue weighted by atomic mass is 10.2. The molecule has 0 saturated carbocycles. The third kappa shape index (κ3) is 4.68. The monoisotopic (exact) mass is 381 g/mol. The zero-order valence-electron chi connectivity index (χ0n) is 15.9. The highest BCUT2D eigenvalue weighted by atomic mass is 16.5. The molecule has 0 aliphatic heterocycles. The Labute approximate surface area is 163 Å². The second-order valence-corrected chi connectivity index (χ2v) is 6.35. The molecule has 0 fully saturated rings. The Hall–Kier alpha value is -3.35. The van der Waals surface area contributed by atoms with Crippen LogP contribution in [0.15, 0.2) is 66.0 Å². The number of nitrogens with zero attached hydrogens (tertiary/aromatic N) is 3. The second kappa shape index (κ2) is 9.03. The molecular formula is C21H23N3O4. The average molecular weight is 381 g/mol. The van der Waals surface area contributed by atoms with E-state index in [-0.39, 0.29) is 24.0 Å². The number of carbonyl (C=O) groups excluding carboxylic acids is 1. The van der Waals surface area contributed by atoms with Crippen molar-refractivity contribution in [1.29, 1.82) is 0 Å². The quantitative estimate of drug-likeness (QED) is 0.557. The summed E-state index contributed by atoms with van der Waals surface area (Å²) in [7, 11) is 0. The molecule has 7 nitrogen and oxygen atoms in total. The summed E-state index contributed by atoms with van der Waals surface area (Å²) in [5.41, 5.74) is -0.529. The Bertz CT molecular complexity index is 965. The molecule has 1 aromatic carbocycles. The number of para-hydroxylation sites is 1. The van der Waals surface area contributed by atoms with E-state index in [0.29, 0.717) is 12.3 Å². The van der Waals surface area contributed by atoms with Crippen molar-refractivity contribution in [3.63, 3.8) is 0 Å². The number of carbonyl (C=O) groups is 1. The smallest absolute Gasteiger partial charge is 0.343 e. The van der Waals surface area contributed by atoms with Crippen LogP contribution in [0.1, 0.15) is 36.7 Å². The van der Waals surface area contributed by atoms with Crippen LogP contribution in [-0.2, 0) is 11.3 Å². The highest BCUT2D eigenvalue weighted by Crippen LogP contribution is 2.21. The van der Waals surface area contributed by atoms with Gasteiger partial charge < -0.3 is 14.0 Å². The SMILES string of the molecule is CCOC(=O)c1cn([C@@H](C)CCn2cccn2)cc(Oc2ccccc2)c1=O. The topological polar surface area (TPSA) is 75.3 Å². The van der Waals surface area contributed by atoms with Crippen LogP contribution in [0.4, 0.5) is 0 Å². The average Bonchev–Trinajstić information content (AvgIpc) is 3.22. The van der Waals surface area contributed by atoms with E-state index in [1.165, 1.54) is 6.20 Å². The van der Waals surface area contributed by atoms with E-state index in [0.717, 1.165) is 6.42 Å². The van der Waals surface area contributed by atoms with E-state index < -0.39 is 11.4 Å². The first-order valence-corrected chi connectivity index (χ1v) is 9.21. The van der Waals surface area contributed by atoms with Crippen molar-refractivity contribution in [2.75, 3.05) is 6.61 Å². The summed E-state index contributed by atoms with van der Waals surface area (Å²) in [4.78, 5) is 25.0. The standard InChI is InChI=1S/C21H23N3O4/c1-3-27-21(26)18-14-23(16(2)10-13-24-12-7-11-22-24)15-19(20(18)25)28-17-8-5-4-6-9-17/h4-9,11-12,14-16H,3,10,13H2,1-2H3/t16-/m0/s1. The summed E-state index contributed by atoms with van der Waals surface area (Å²) in [6, 6.07) is 10.9. The third-order valence-electron chi connectivity index (χ3n) is 4.32. The molecule has 1 atom stereocenters. The third-order valence-corrected chi connectivity index (χ3v) is 4.32. The van der Waals surface area contributed by atoms with Gasteiger partial charge in [-0.05, 0) is 38.5 Å². The van der Waals surface area contributed by atoms with Crippen molar-refractivity contribution in [2.45, 2.75) is 32.9 Å². The number of pyridine rings is 1. The van der Waals surface area contributed by atoms with Crippen LogP contribution in [0.2, 0.25) is 0 Å². The summed E-state index contributed by atoms with van der Waals surface area (Å²) < 4.78 is 14.5.